The lowest BCUT2D eigenvalue weighted by Crippen LogP contribution is -2.12. The van der Waals surface area contributed by atoms with Crippen molar-refractivity contribution in [2.45, 2.75) is 6.42 Å². The predicted molar refractivity (Wildman–Crippen MR) is 65.4 cm³/mol. The van der Waals surface area contributed by atoms with Crippen molar-refractivity contribution in [1.82, 2.24) is 0 Å². The van der Waals surface area contributed by atoms with E-state index in [1.54, 1.807) is 24.3 Å². The summed E-state index contributed by atoms with van der Waals surface area (Å²) in [5, 5.41) is 2.56. The van der Waals surface area contributed by atoms with Crippen molar-refractivity contribution >= 4 is 21.7 Å². The van der Waals surface area contributed by atoms with E-state index in [0.29, 0.717) is 11.3 Å². The summed E-state index contributed by atoms with van der Waals surface area (Å²) in [6.07, 6.45) is 1.26. The number of amides is 1. The fraction of sp³-hybridized carbons (Fsp3) is 0.182. The standard InChI is InChI=1S/C11H13NO4S/c1-2-11(13)12-10-6-4-3-5-9(10)7-8-17(14,15)16/h2-6H,1,7-8H2,(H,12,13)(H,14,15,16). The molecular weight excluding hydrogens is 242 g/mol. The molecule has 1 amide bonds. The Morgan fingerprint density at radius 3 is 2.65 bits per heavy atom. The molecule has 0 saturated heterocycles. The Hall–Kier alpha value is -1.66. The monoisotopic (exact) mass is 255 g/mol. The van der Waals surface area contributed by atoms with E-state index < -0.39 is 10.1 Å². The maximum atomic E-state index is 11.1. The molecule has 17 heavy (non-hydrogen) atoms. The Labute approximate surface area is 99.9 Å². The minimum absolute atomic E-state index is 0.131. The first-order chi connectivity index (χ1) is 7.92. The van der Waals surface area contributed by atoms with Crippen LogP contribution in [-0.2, 0) is 21.3 Å². The molecule has 0 fully saturated rings. The molecule has 0 aliphatic carbocycles. The molecule has 1 rings (SSSR count). The van der Waals surface area contributed by atoms with Crippen LogP contribution in [0.5, 0.6) is 0 Å². The summed E-state index contributed by atoms with van der Waals surface area (Å²) in [6, 6.07) is 6.78. The first-order valence-electron chi connectivity index (χ1n) is 4.89. The van der Waals surface area contributed by atoms with Crippen molar-refractivity contribution in [3.63, 3.8) is 0 Å². The van der Waals surface area contributed by atoms with E-state index in [2.05, 4.69) is 11.9 Å². The minimum atomic E-state index is -4.01. The molecule has 1 aromatic carbocycles. The molecule has 1 aromatic rings. The Morgan fingerprint density at radius 2 is 2.06 bits per heavy atom. The average Bonchev–Trinajstić information content (AvgIpc) is 2.26. The van der Waals surface area contributed by atoms with Gasteiger partial charge in [0.1, 0.15) is 0 Å². The van der Waals surface area contributed by atoms with Gasteiger partial charge in [0.2, 0.25) is 5.91 Å². The van der Waals surface area contributed by atoms with Crippen molar-refractivity contribution in [3.05, 3.63) is 42.5 Å². The number of nitrogens with one attached hydrogen (secondary N) is 1. The van der Waals surface area contributed by atoms with Crippen LogP contribution in [-0.4, -0.2) is 24.6 Å². The molecule has 0 saturated carbocycles. The normalized spacial score (nSPS) is 10.9. The molecule has 0 unspecified atom stereocenters. The Morgan fingerprint density at radius 1 is 1.41 bits per heavy atom. The van der Waals surface area contributed by atoms with Gasteiger partial charge in [-0.25, -0.2) is 0 Å². The summed E-state index contributed by atoms with van der Waals surface area (Å²) < 4.78 is 30.0. The molecule has 6 heteroatoms. The zero-order valence-electron chi connectivity index (χ0n) is 9.09. The molecule has 0 aliphatic rings. The smallest absolute Gasteiger partial charge is 0.265 e. The molecule has 2 N–H and O–H groups in total. The molecule has 0 heterocycles. The molecule has 5 nitrogen and oxygen atoms in total. The number of carbonyl (C=O) groups excluding carboxylic acids is 1. The third-order valence-electron chi connectivity index (χ3n) is 2.09. The molecule has 0 bridgehead atoms. The van der Waals surface area contributed by atoms with Crippen molar-refractivity contribution in [2.24, 2.45) is 0 Å². The number of aryl methyl sites for hydroxylation is 1. The maximum absolute atomic E-state index is 11.1. The number of para-hydroxylation sites is 1. The quantitative estimate of drug-likeness (QED) is 0.612. The number of hydrogen-bond acceptors (Lipinski definition) is 3. The molecule has 0 aromatic heterocycles. The third-order valence-corrected chi connectivity index (χ3v) is 2.81. The van der Waals surface area contributed by atoms with E-state index in [1.165, 1.54) is 0 Å². The van der Waals surface area contributed by atoms with Crippen molar-refractivity contribution in [3.8, 4) is 0 Å². The zero-order valence-corrected chi connectivity index (χ0v) is 9.90. The summed E-state index contributed by atoms with van der Waals surface area (Å²) in [4.78, 5) is 11.1. The Bertz CT molecular complexity index is 522. The highest BCUT2D eigenvalue weighted by atomic mass is 32.2. The van der Waals surface area contributed by atoms with Crippen LogP contribution in [0.3, 0.4) is 0 Å². The highest BCUT2D eigenvalue weighted by molar-refractivity contribution is 7.85. The number of anilines is 1. The molecular formula is C11H13NO4S. The minimum Gasteiger partial charge on any atom is -0.322 e. The van der Waals surface area contributed by atoms with Crippen LogP contribution < -0.4 is 5.32 Å². The number of rotatable bonds is 5. The summed E-state index contributed by atoms with van der Waals surface area (Å²) in [7, 11) is -4.01. The summed E-state index contributed by atoms with van der Waals surface area (Å²) >= 11 is 0. The van der Waals surface area contributed by atoms with Crippen LogP contribution in [0.1, 0.15) is 5.56 Å². The molecule has 0 atom stereocenters. The van der Waals surface area contributed by atoms with Crippen LogP contribution >= 0.6 is 0 Å². The first-order valence-corrected chi connectivity index (χ1v) is 6.50. The van der Waals surface area contributed by atoms with E-state index in [4.69, 9.17) is 4.55 Å². The van der Waals surface area contributed by atoms with Crippen LogP contribution in [0.2, 0.25) is 0 Å². The van der Waals surface area contributed by atoms with Gasteiger partial charge in [-0.2, -0.15) is 8.42 Å². The van der Waals surface area contributed by atoms with Crippen LogP contribution in [0.15, 0.2) is 36.9 Å². The lowest BCUT2D eigenvalue weighted by molar-refractivity contribution is -0.111. The number of benzene rings is 1. The molecule has 0 spiro atoms. The second-order valence-corrected chi connectivity index (χ2v) is 4.96. The van der Waals surface area contributed by atoms with Gasteiger partial charge in [0.15, 0.2) is 0 Å². The van der Waals surface area contributed by atoms with Gasteiger partial charge in [0, 0.05) is 5.69 Å². The lowest BCUT2D eigenvalue weighted by atomic mass is 10.1. The summed E-state index contributed by atoms with van der Waals surface area (Å²) in [5.74, 6) is -0.752. The van der Waals surface area contributed by atoms with E-state index in [1.807, 2.05) is 0 Å². The highest BCUT2D eigenvalue weighted by Gasteiger charge is 2.09. The lowest BCUT2D eigenvalue weighted by Gasteiger charge is -2.08. The van der Waals surface area contributed by atoms with Gasteiger partial charge in [-0.1, -0.05) is 24.8 Å². The van der Waals surface area contributed by atoms with Crippen molar-refractivity contribution in [1.29, 1.82) is 0 Å². The molecule has 92 valence electrons. The van der Waals surface area contributed by atoms with E-state index >= 15 is 0 Å². The second kappa shape index (κ2) is 5.60. The van der Waals surface area contributed by atoms with Crippen LogP contribution in [0.4, 0.5) is 5.69 Å². The summed E-state index contributed by atoms with van der Waals surface area (Å²) in [6.45, 7) is 3.32. The predicted octanol–water partition coefficient (Wildman–Crippen LogP) is 1.24. The Balaban J connectivity index is 2.84. The van der Waals surface area contributed by atoms with Gasteiger partial charge >= 0.3 is 0 Å². The average molecular weight is 255 g/mol. The van der Waals surface area contributed by atoms with E-state index in [9.17, 15) is 13.2 Å². The molecule has 0 aliphatic heterocycles. The van der Waals surface area contributed by atoms with Crippen LogP contribution in [0.25, 0.3) is 0 Å². The summed E-state index contributed by atoms with van der Waals surface area (Å²) in [5.41, 5.74) is 1.15. The fourth-order valence-corrected chi connectivity index (χ4v) is 1.76. The van der Waals surface area contributed by atoms with Crippen molar-refractivity contribution in [2.75, 3.05) is 11.1 Å². The Kier molecular flexibility index (Phi) is 4.42. The van der Waals surface area contributed by atoms with Crippen LogP contribution in [0, 0.1) is 0 Å². The number of hydrogen-bond donors (Lipinski definition) is 2. The van der Waals surface area contributed by atoms with Gasteiger partial charge < -0.3 is 5.32 Å². The third kappa shape index (κ3) is 4.80. The van der Waals surface area contributed by atoms with E-state index in [0.717, 1.165) is 6.08 Å². The second-order valence-electron chi connectivity index (χ2n) is 3.39. The van der Waals surface area contributed by atoms with Gasteiger partial charge in [-0.15, -0.1) is 0 Å². The highest BCUT2D eigenvalue weighted by Crippen LogP contribution is 2.16. The topological polar surface area (TPSA) is 83.5 Å². The SMILES string of the molecule is C=CC(=O)Nc1ccccc1CCS(=O)(=O)O. The van der Waals surface area contributed by atoms with Gasteiger partial charge in [-0.3, -0.25) is 9.35 Å². The zero-order chi connectivity index (χ0) is 12.9. The van der Waals surface area contributed by atoms with Gasteiger partial charge in [0.05, 0.1) is 5.75 Å². The first kappa shape index (κ1) is 13.4. The number of carbonyl (C=O) groups is 1. The largest absolute Gasteiger partial charge is 0.322 e. The molecule has 0 radical (unpaired) electrons. The van der Waals surface area contributed by atoms with Gasteiger partial charge in [-0.05, 0) is 24.1 Å². The van der Waals surface area contributed by atoms with Gasteiger partial charge in [0.25, 0.3) is 10.1 Å². The maximum Gasteiger partial charge on any atom is 0.265 e. The van der Waals surface area contributed by atoms with E-state index in [-0.39, 0.29) is 18.1 Å². The fourth-order valence-electron chi connectivity index (χ4n) is 1.28. The van der Waals surface area contributed by atoms with Crippen molar-refractivity contribution < 1.29 is 17.8 Å².